The lowest BCUT2D eigenvalue weighted by Gasteiger charge is -2.27. The highest BCUT2D eigenvalue weighted by Gasteiger charge is 2.24. The van der Waals surface area contributed by atoms with E-state index in [9.17, 15) is 14.9 Å². The summed E-state index contributed by atoms with van der Waals surface area (Å²) in [5, 5.41) is 17.0. The van der Waals surface area contributed by atoms with Crippen LogP contribution in [0.3, 0.4) is 0 Å². The molecule has 0 saturated carbocycles. The Morgan fingerprint density at radius 3 is 2.95 bits per heavy atom. The quantitative estimate of drug-likeness (QED) is 0.646. The van der Waals surface area contributed by atoms with E-state index in [1.807, 2.05) is 0 Å². The van der Waals surface area contributed by atoms with Crippen molar-refractivity contribution < 1.29 is 9.72 Å². The minimum atomic E-state index is -0.423. The number of amides is 1. The molecule has 20 heavy (non-hydrogen) atoms. The normalized spacial score (nSPS) is 22.2. The smallest absolute Gasteiger partial charge is 0.274 e. The van der Waals surface area contributed by atoms with Crippen LogP contribution in [0, 0.1) is 16.0 Å². The number of carbonyl (C=O) groups is 1. The van der Waals surface area contributed by atoms with Crippen LogP contribution >= 0.6 is 0 Å². The van der Waals surface area contributed by atoms with E-state index in [1.54, 1.807) is 18.2 Å². The first-order valence-electron chi connectivity index (χ1n) is 6.81. The van der Waals surface area contributed by atoms with Gasteiger partial charge in [0.1, 0.15) is 0 Å². The second-order valence-corrected chi connectivity index (χ2v) is 5.18. The van der Waals surface area contributed by atoms with Gasteiger partial charge in [-0.1, -0.05) is 18.2 Å². The zero-order chi connectivity index (χ0) is 14.5. The van der Waals surface area contributed by atoms with Gasteiger partial charge in [-0.25, -0.2) is 0 Å². The Morgan fingerprint density at radius 1 is 1.50 bits per heavy atom. The number of nitrogens with zero attached hydrogens (tertiary/aromatic N) is 1. The van der Waals surface area contributed by atoms with E-state index in [4.69, 9.17) is 0 Å². The molecule has 108 valence electrons. The SMILES string of the molecule is CC1CC(C(=O)NCc2ccccc2[N+](=O)[O-])CCN1. The van der Waals surface area contributed by atoms with E-state index in [2.05, 4.69) is 17.6 Å². The molecule has 0 aliphatic carbocycles. The topological polar surface area (TPSA) is 84.3 Å². The van der Waals surface area contributed by atoms with Crippen molar-refractivity contribution in [2.24, 2.45) is 5.92 Å². The van der Waals surface area contributed by atoms with Crippen LogP contribution in [0.25, 0.3) is 0 Å². The minimum Gasteiger partial charge on any atom is -0.352 e. The number of hydrogen-bond acceptors (Lipinski definition) is 4. The van der Waals surface area contributed by atoms with Gasteiger partial charge in [-0.3, -0.25) is 14.9 Å². The Hall–Kier alpha value is -1.95. The maximum atomic E-state index is 12.1. The maximum Gasteiger partial charge on any atom is 0.274 e. The molecule has 0 bridgehead atoms. The van der Waals surface area contributed by atoms with Crippen LogP contribution in [0.2, 0.25) is 0 Å². The third-order valence-corrected chi connectivity index (χ3v) is 3.64. The summed E-state index contributed by atoms with van der Waals surface area (Å²) in [7, 11) is 0. The number of carbonyl (C=O) groups excluding carboxylic acids is 1. The molecule has 1 aliphatic rings. The van der Waals surface area contributed by atoms with Crippen LogP contribution in [-0.2, 0) is 11.3 Å². The van der Waals surface area contributed by atoms with Gasteiger partial charge in [0.2, 0.25) is 5.91 Å². The Kier molecular flexibility index (Phi) is 4.68. The first-order valence-corrected chi connectivity index (χ1v) is 6.81. The Bertz CT molecular complexity index is 504. The van der Waals surface area contributed by atoms with Gasteiger partial charge in [-0.15, -0.1) is 0 Å². The van der Waals surface area contributed by atoms with Crippen LogP contribution in [-0.4, -0.2) is 23.4 Å². The van der Waals surface area contributed by atoms with Gasteiger partial charge < -0.3 is 10.6 Å². The highest BCUT2D eigenvalue weighted by Crippen LogP contribution is 2.19. The van der Waals surface area contributed by atoms with E-state index in [1.165, 1.54) is 6.07 Å². The number of rotatable bonds is 4. The highest BCUT2D eigenvalue weighted by atomic mass is 16.6. The number of para-hydroxylation sites is 1. The van der Waals surface area contributed by atoms with Crippen LogP contribution in [0.4, 0.5) is 5.69 Å². The van der Waals surface area contributed by atoms with Crippen LogP contribution in [0.15, 0.2) is 24.3 Å². The minimum absolute atomic E-state index is 0.00554. The molecular formula is C14H19N3O3. The standard InChI is InChI=1S/C14H19N3O3/c1-10-8-11(6-7-15-10)14(18)16-9-12-4-2-3-5-13(12)17(19)20/h2-5,10-11,15H,6-9H2,1H3,(H,16,18). The van der Waals surface area contributed by atoms with Gasteiger partial charge >= 0.3 is 0 Å². The number of nitrogens with one attached hydrogen (secondary N) is 2. The summed E-state index contributed by atoms with van der Waals surface area (Å²) in [4.78, 5) is 22.6. The first kappa shape index (κ1) is 14.5. The molecule has 0 spiro atoms. The van der Waals surface area contributed by atoms with Crippen molar-refractivity contribution in [2.45, 2.75) is 32.4 Å². The molecule has 1 saturated heterocycles. The second kappa shape index (κ2) is 6.47. The molecule has 6 heteroatoms. The van der Waals surface area contributed by atoms with Crippen molar-refractivity contribution in [1.82, 2.24) is 10.6 Å². The van der Waals surface area contributed by atoms with Crippen molar-refractivity contribution in [2.75, 3.05) is 6.54 Å². The second-order valence-electron chi connectivity index (χ2n) is 5.18. The van der Waals surface area contributed by atoms with Crippen molar-refractivity contribution in [3.8, 4) is 0 Å². The third-order valence-electron chi connectivity index (χ3n) is 3.64. The summed E-state index contributed by atoms with van der Waals surface area (Å²) in [6.45, 7) is 3.10. The monoisotopic (exact) mass is 277 g/mol. The Balaban J connectivity index is 1.95. The van der Waals surface area contributed by atoms with Crippen molar-refractivity contribution in [3.05, 3.63) is 39.9 Å². The zero-order valence-corrected chi connectivity index (χ0v) is 11.5. The molecule has 1 heterocycles. The van der Waals surface area contributed by atoms with Gasteiger partial charge in [0.15, 0.2) is 0 Å². The molecule has 2 unspecified atom stereocenters. The lowest BCUT2D eigenvalue weighted by Crippen LogP contribution is -2.42. The Labute approximate surface area is 117 Å². The zero-order valence-electron chi connectivity index (χ0n) is 11.5. The molecule has 1 fully saturated rings. The average Bonchev–Trinajstić information content (AvgIpc) is 2.45. The maximum absolute atomic E-state index is 12.1. The predicted molar refractivity (Wildman–Crippen MR) is 75.1 cm³/mol. The van der Waals surface area contributed by atoms with E-state index >= 15 is 0 Å². The Morgan fingerprint density at radius 2 is 2.25 bits per heavy atom. The van der Waals surface area contributed by atoms with Crippen LogP contribution in [0.1, 0.15) is 25.3 Å². The highest BCUT2D eigenvalue weighted by molar-refractivity contribution is 5.78. The van der Waals surface area contributed by atoms with E-state index < -0.39 is 4.92 Å². The molecule has 2 N–H and O–H groups in total. The molecule has 2 rings (SSSR count). The largest absolute Gasteiger partial charge is 0.352 e. The summed E-state index contributed by atoms with van der Waals surface area (Å²) in [6, 6.07) is 6.82. The summed E-state index contributed by atoms with van der Waals surface area (Å²) >= 11 is 0. The fraction of sp³-hybridized carbons (Fsp3) is 0.500. The number of nitro benzene ring substituents is 1. The summed E-state index contributed by atoms with van der Waals surface area (Å²) in [5.74, 6) is -0.0227. The molecule has 6 nitrogen and oxygen atoms in total. The van der Waals surface area contributed by atoms with Crippen molar-refractivity contribution >= 4 is 11.6 Å². The van der Waals surface area contributed by atoms with E-state index in [0.29, 0.717) is 11.6 Å². The number of hydrogen-bond donors (Lipinski definition) is 2. The molecule has 0 radical (unpaired) electrons. The van der Waals surface area contributed by atoms with Gasteiger partial charge in [0.05, 0.1) is 4.92 Å². The fourth-order valence-corrected chi connectivity index (χ4v) is 2.54. The number of benzene rings is 1. The molecule has 1 aromatic rings. The van der Waals surface area contributed by atoms with Crippen molar-refractivity contribution in [3.63, 3.8) is 0 Å². The van der Waals surface area contributed by atoms with Crippen LogP contribution in [0.5, 0.6) is 0 Å². The summed E-state index contributed by atoms with van der Waals surface area (Å²) in [5.41, 5.74) is 0.583. The predicted octanol–water partition coefficient (Wildman–Crippen LogP) is 1.60. The lowest BCUT2D eigenvalue weighted by atomic mass is 9.92. The van der Waals surface area contributed by atoms with Gasteiger partial charge in [-0.05, 0) is 26.3 Å². The average molecular weight is 277 g/mol. The molecule has 0 aromatic heterocycles. The summed E-state index contributed by atoms with van der Waals surface area (Å²) < 4.78 is 0. The first-order chi connectivity index (χ1) is 9.58. The van der Waals surface area contributed by atoms with Gasteiger partial charge in [0.25, 0.3) is 5.69 Å². The number of piperidine rings is 1. The van der Waals surface area contributed by atoms with Gasteiger partial charge in [0, 0.05) is 30.1 Å². The van der Waals surface area contributed by atoms with Gasteiger partial charge in [-0.2, -0.15) is 0 Å². The van der Waals surface area contributed by atoms with Crippen LogP contribution < -0.4 is 10.6 Å². The summed E-state index contributed by atoms with van der Waals surface area (Å²) in [6.07, 6.45) is 1.62. The fourth-order valence-electron chi connectivity index (χ4n) is 2.54. The van der Waals surface area contributed by atoms with E-state index in [-0.39, 0.29) is 24.1 Å². The molecule has 1 aromatic carbocycles. The lowest BCUT2D eigenvalue weighted by molar-refractivity contribution is -0.385. The molecule has 2 atom stereocenters. The van der Waals surface area contributed by atoms with Crippen molar-refractivity contribution in [1.29, 1.82) is 0 Å². The number of nitro groups is 1. The molecule has 1 aliphatic heterocycles. The van der Waals surface area contributed by atoms with E-state index in [0.717, 1.165) is 19.4 Å². The molecular weight excluding hydrogens is 258 g/mol. The third kappa shape index (κ3) is 3.54. The molecule has 1 amide bonds.